The second kappa shape index (κ2) is 8.74. The van der Waals surface area contributed by atoms with Crippen molar-refractivity contribution in [2.75, 3.05) is 31.2 Å². The van der Waals surface area contributed by atoms with Crippen molar-refractivity contribution in [3.05, 3.63) is 87.0 Å². The van der Waals surface area contributed by atoms with Gasteiger partial charge in [0.1, 0.15) is 0 Å². The molecule has 142 valence electrons. The van der Waals surface area contributed by atoms with E-state index in [0.29, 0.717) is 13.2 Å². The van der Waals surface area contributed by atoms with Crippen LogP contribution in [0.3, 0.4) is 0 Å². The number of morpholine rings is 1. The highest BCUT2D eigenvalue weighted by Gasteiger charge is 2.14. The van der Waals surface area contributed by atoms with Crippen LogP contribution >= 0.6 is 22.9 Å². The van der Waals surface area contributed by atoms with Gasteiger partial charge in [0.25, 0.3) is 0 Å². The number of anilines is 1. The van der Waals surface area contributed by atoms with Crippen LogP contribution in [0.5, 0.6) is 0 Å². The fourth-order valence-corrected chi connectivity index (χ4v) is 4.37. The number of ether oxygens (including phenoxy) is 1. The van der Waals surface area contributed by atoms with Gasteiger partial charge in [0.15, 0.2) is 5.43 Å². The minimum atomic E-state index is 0.0392. The zero-order chi connectivity index (χ0) is 19.3. The SMILES string of the molecule is O=c1cc(-c2cccc(/C=C/c3ccc(Cl)cc3)c2)sc(N2CCOCC2)c1. The maximum Gasteiger partial charge on any atom is 0.182 e. The Morgan fingerprint density at radius 3 is 2.46 bits per heavy atom. The van der Waals surface area contributed by atoms with E-state index in [4.69, 9.17) is 16.3 Å². The predicted octanol–water partition coefficient (Wildman–Crippen LogP) is 5.44. The van der Waals surface area contributed by atoms with Gasteiger partial charge in [-0.2, -0.15) is 0 Å². The molecule has 0 spiro atoms. The Kier molecular flexibility index (Phi) is 5.91. The zero-order valence-corrected chi connectivity index (χ0v) is 16.9. The van der Waals surface area contributed by atoms with Crippen LogP contribution in [-0.2, 0) is 4.74 Å². The highest BCUT2D eigenvalue weighted by molar-refractivity contribution is 7.19. The van der Waals surface area contributed by atoms with Gasteiger partial charge in [-0.05, 0) is 34.9 Å². The van der Waals surface area contributed by atoms with E-state index in [0.717, 1.165) is 44.7 Å². The topological polar surface area (TPSA) is 29.5 Å². The number of benzene rings is 2. The standard InChI is InChI=1S/C23H20ClNO2S/c24-20-8-6-17(7-9-20)4-5-18-2-1-3-19(14-18)22-15-21(26)16-23(28-22)25-10-12-27-13-11-25/h1-9,14-16H,10-13H2/b5-4+. The molecular weight excluding hydrogens is 390 g/mol. The van der Waals surface area contributed by atoms with Gasteiger partial charge in [0.05, 0.1) is 18.2 Å². The van der Waals surface area contributed by atoms with Crippen LogP contribution in [0.15, 0.2) is 65.5 Å². The van der Waals surface area contributed by atoms with Gasteiger partial charge in [0.2, 0.25) is 0 Å². The number of halogens is 1. The van der Waals surface area contributed by atoms with Crippen LogP contribution in [-0.4, -0.2) is 26.3 Å². The number of hydrogen-bond donors (Lipinski definition) is 0. The minimum absolute atomic E-state index is 0.0392. The molecule has 1 saturated heterocycles. The Bertz CT molecular complexity index is 1040. The van der Waals surface area contributed by atoms with Gasteiger partial charge in [-0.1, -0.05) is 54.1 Å². The molecule has 2 aromatic carbocycles. The van der Waals surface area contributed by atoms with Crippen molar-refractivity contribution in [2.45, 2.75) is 0 Å². The molecule has 2 heterocycles. The Morgan fingerprint density at radius 1 is 0.929 bits per heavy atom. The molecule has 3 aromatic rings. The number of hydrogen-bond acceptors (Lipinski definition) is 4. The molecule has 0 atom stereocenters. The molecule has 5 heteroatoms. The summed E-state index contributed by atoms with van der Waals surface area (Å²) >= 11 is 7.59. The van der Waals surface area contributed by atoms with Crippen LogP contribution in [0.4, 0.5) is 5.00 Å². The molecule has 0 N–H and O–H groups in total. The lowest BCUT2D eigenvalue weighted by molar-refractivity contribution is 0.123. The van der Waals surface area contributed by atoms with Crippen LogP contribution in [0.2, 0.25) is 5.02 Å². The van der Waals surface area contributed by atoms with E-state index in [9.17, 15) is 4.79 Å². The third-order valence-electron chi connectivity index (χ3n) is 4.59. The summed E-state index contributed by atoms with van der Waals surface area (Å²) in [6.45, 7) is 3.05. The summed E-state index contributed by atoms with van der Waals surface area (Å²) in [4.78, 5) is 15.5. The lowest BCUT2D eigenvalue weighted by atomic mass is 10.1. The second-order valence-electron chi connectivity index (χ2n) is 6.61. The molecule has 0 unspecified atom stereocenters. The summed E-state index contributed by atoms with van der Waals surface area (Å²) < 4.78 is 5.42. The number of rotatable bonds is 4. The molecule has 4 rings (SSSR count). The van der Waals surface area contributed by atoms with Crippen LogP contribution in [0.25, 0.3) is 22.6 Å². The van der Waals surface area contributed by atoms with E-state index in [1.165, 1.54) is 0 Å². The molecule has 1 aromatic heterocycles. The smallest absolute Gasteiger partial charge is 0.182 e. The van der Waals surface area contributed by atoms with Crippen LogP contribution < -0.4 is 10.3 Å². The van der Waals surface area contributed by atoms with E-state index < -0.39 is 0 Å². The van der Waals surface area contributed by atoms with Gasteiger partial charge in [-0.3, -0.25) is 4.79 Å². The molecule has 3 nitrogen and oxygen atoms in total. The molecule has 0 aliphatic carbocycles. The molecule has 1 aliphatic heterocycles. The highest BCUT2D eigenvalue weighted by Crippen LogP contribution is 2.31. The predicted molar refractivity (Wildman–Crippen MR) is 119 cm³/mol. The van der Waals surface area contributed by atoms with E-state index in [1.54, 1.807) is 23.5 Å². The molecule has 0 saturated carbocycles. The maximum absolute atomic E-state index is 12.3. The second-order valence-corrected chi connectivity index (χ2v) is 8.10. The molecule has 0 radical (unpaired) electrons. The fraction of sp³-hybridized carbons (Fsp3) is 0.174. The first-order valence-electron chi connectivity index (χ1n) is 9.19. The largest absolute Gasteiger partial charge is 0.378 e. The lowest BCUT2D eigenvalue weighted by Gasteiger charge is -2.28. The van der Waals surface area contributed by atoms with Gasteiger partial charge >= 0.3 is 0 Å². The van der Waals surface area contributed by atoms with E-state index in [1.807, 2.05) is 36.4 Å². The van der Waals surface area contributed by atoms with Crippen molar-refractivity contribution in [3.8, 4) is 10.4 Å². The van der Waals surface area contributed by atoms with Gasteiger partial charge in [-0.15, -0.1) is 11.3 Å². The van der Waals surface area contributed by atoms with E-state index >= 15 is 0 Å². The highest BCUT2D eigenvalue weighted by atomic mass is 35.5. The normalized spacial score (nSPS) is 14.5. The quantitative estimate of drug-likeness (QED) is 0.537. The lowest BCUT2D eigenvalue weighted by Crippen LogP contribution is -2.36. The minimum Gasteiger partial charge on any atom is -0.378 e. The van der Waals surface area contributed by atoms with Gasteiger partial charge in [0, 0.05) is 35.1 Å². The van der Waals surface area contributed by atoms with Crippen molar-refractivity contribution < 1.29 is 4.74 Å². The van der Waals surface area contributed by atoms with Gasteiger partial charge < -0.3 is 9.64 Å². The summed E-state index contributed by atoms with van der Waals surface area (Å²) in [6.07, 6.45) is 4.13. The Labute approximate surface area is 173 Å². The summed E-state index contributed by atoms with van der Waals surface area (Å²) in [6, 6.07) is 19.4. The van der Waals surface area contributed by atoms with Crippen molar-refractivity contribution >= 4 is 40.1 Å². The van der Waals surface area contributed by atoms with E-state index in [-0.39, 0.29) is 5.43 Å². The van der Waals surface area contributed by atoms with Crippen LogP contribution in [0, 0.1) is 0 Å². The maximum atomic E-state index is 12.3. The van der Waals surface area contributed by atoms with E-state index in [2.05, 4.69) is 29.2 Å². The Morgan fingerprint density at radius 2 is 1.68 bits per heavy atom. The molecule has 1 fully saturated rings. The molecule has 0 bridgehead atoms. The average molecular weight is 410 g/mol. The molecular formula is C23H20ClNO2S. The van der Waals surface area contributed by atoms with Crippen molar-refractivity contribution in [3.63, 3.8) is 0 Å². The molecule has 28 heavy (non-hydrogen) atoms. The molecule has 1 aliphatic rings. The Hall–Kier alpha value is -2.40. The third-order valence-corrected chi connectivity index (χ3v) is 6.00. The van der Waals surface area contributed by atoms with Crippen LogP contribution in [0.1, 0.15) is 11.1 Å². The summed E-state index contributed by atoms with van der Waals surface area (Å²) in [5, 5.41) is 1.74. The summed E-state index contributed by atoms with van der Waals surface area (Å²) in [5.41, 5.74) is 3.27. The average Bonchev–Trinajstić information content (AvgIpc) is 2.74. The fourth-order valence-electron chi connectivity index (χ4n) is 3.11. The Balaban J connectivity index is 1.61. The van der Waals surface area contributed by atoms with Gasteiger partial charge in [-0.25, -0.2) is 0 Å². The zero-order valence-electron chi connectivity index (χ0n) is 15.3. The number of nitrogens with zero attached hydrogens (tertiary/aromatic N) is 1. The summed E-state index contributed by atoms with van der Waals surface area (Å²) in [7, 11) is 0. The third kappa shape index (κ3) is 4.71. The van der Waals surface area contributed by atoms with Crippen molar-refractivity contribution in [1.82, 2.24) is 0 Å². The first kappa shape index (κ1) is 18.9. The van der Waals surface area contributed by atoms with Crippen molar-refractivity contribution in [1.29, 1.82) is 0 Å². The molecule has 0 amide bonds. The first-order chi connectivity index (χ1) is 13.7. The first-order valence-corrected chi connectivity index (χ1v) is 10.4. The van der Waals surface area contributed by atoms with Crippen molar-refractivity contribution in [2.24, 2.45) is 0 Å². The monoisotopic (exact) mass is 409 g/mol. The summed E-state index contributed by atoms with van der Waals surface area (Å²) in [5.74, 6) is 0.